The first-order valence-electron chi connectivity index (χ1n) is 6.74. The fraction of sp³-hybridized carbons (Fsp3) is 0.0714. The molecule has 0 aliphatic heterocycles. The summed E-state index contributed by atoms with van der Waals surface area (Å²) < 4.78 is 1.42. The molecule has 0 amide bonds. The summed E-state index contributed by atoms with van der Waals surface area (Å²) in [4.78, 5) is 4.18. The number of azo groups is 1. The molecule has 3 rings (SSSR count). The van der Waals surface area contributed by atoms with Crippen molar-refractivity contribution in [3.63, 3.8) is 0 Å². The molecule has 25 heavy (non-hydrogen) atoms. The molecule has 3 aromatic rings. The zero-order chi connectivity index (χ0) is 18.1. The third-order valence-electron chi connectivity index (χ3n) is 3.22. The van der Waals surface area contributed by atoms with Crippen molar-refractivity contribution in [1.29, 1.82) is 5.26 Å². The van der Waals surface area contributed by atoms with Crippen molar-refractivity contribution in [3.8, 4) is 6.07 Å². The van der Waals surface area contributed by atoms with E-state index < -0.39 is 0 Å². The molecule has 2 heterocycles. The van der Waals surface area contributed by atoms with Crippen LogP contribution in [0.5, 0.6) is 0 Å². The van der Waals surface area contributed by atoms with Gasteiger partial charge < -0.3 is 11.5 Å². The minimum atomic E-state index is 0.0697. The fourth-order valence-electron chi connectivity index (χ4n) is 2.10. The molecule has 0 atom stereocenters. The number of hydrogen-bond acceptors (Lipinski definition) is 8. The number of benzene rings is 1. The molecule has 0 saturated carbocycles. The standard InChI is InChI=1S/C14H10Cl2N8S/c1-25-14-7(5-17)11(18)20-13-10(12(19)23-24(13)14)22-21-9-3-2-6(15)4-8(9)16/h2-4H,1H3,(H2,18,20)(H2,19,23). The maximum Gasteiger partial charge on any atom is 0.188 e. The Labute approximate surface area is 156 Å². The number of hydrogen-bond donors (Lipinski definition) is 2. The van der Waals surface area contributed by atoms with Crippen LogP contribution in [0.2, 0.25) is 10.0 Å². The van der Waals surface area contributed by atoms with Gasteiger partial charge in [-0.05, 0) is 24.5 Å². The van der Waals surface area contributed by atoms with Crippen LogP contribution in [-0.2, 0) is 0 Å². The molecule has 126 valence electrons. The van der Waals surface area contributed by atoms with Crippen molar-refractivity contribution in [3.05, 3.63) is 33.8 Å². The Morgan fingerprint density at radius 2 is 2.00 bits per heavy atom. The van der Waals surface area contributed by atoms with Crippen LogP contribution in [0.25, 0.3) is 5.65 Å². The molecule has 0 radical (unpaired) electrons. The van der Waals surface area contributed by atoms with Gasteiger partial charge in [0.25, 0.3) is 0 Å². The van der Waals surface area contributed by atoms with E-state index in [1.165, 1.54) is 16.3 Å². The highest BCUT2D eigenvalue weighted by molar-refractivity contribution is 7.98. The van der Waals surface area contributed by atoms with E-state index in [1.807, 2.05) is 6.07 Å². The molecule has 0 aliphatic carbocycles. The Bertz CT molecular complexity index is 1050. The van der Waals surface area contributed by atoms with Crippen LogP contribution in [0.4, 0.5) is 23.0 Å². The molecule has 4 N–H and O–H groups in total. The molecule has 0 aliphatic rings. The van der Waals surface area contributed by atoms with E-state index in [1.54, 1.807) is 24.5 Å². The van der Waals surface area contributed by atoms with Gasteiger partial charge in [-0.25, -0.2) is 9.50 Å². The predicted molar refractivity (Wildman–Crippen MR) is 98.9 cm³/mol. The van der Waals surface area contributed by atoms with Crippen LogP contribution in [0.15, 0.2) is 33.5 Å². The van der Waals surface area contributed by atoms with E-state index in [4.69, 9.17) is 34.7 Å². The minimum absolute atomic E-state index is 0.0697. The molecular weight excluding hydrogens is 383 g/mol. The zero-order valence-corrected chi connectivity index (χ0v) is 15.1. The van der Waals surface area contributed by atoms with Crippen molar-refractivity contribution in [2.45, 2.75) is 5.03 Å². The summed E-state index contributed by atoms with van der Waals surface area (Å²) in [6.07, 6.45) is 1.79. The Balaban J connectivity index is 2.17. The number of aromatic nitrogens is 3. The monoisotopic (exact) mass is 392 g/mol. The topological polar surface area (TPSA) is 131 Å². The molecule has 1 aromatic carbocycles. The lowest BCUT2D eigenvalue weighted by molar-refractivity contribution is 0.845. The highest BCUT2D eigenvalue weighted by atomic mass is 35.5. The zero-order valence-electron chi connectivity index (χ0n) is 12.7. The van der Waals surface area contributed by atoms with Crippen molar-refractivity contribution in [2.24, 2.45) is 10.2 Å². The maximum absolute atomic E-state index is 9.25. The van der Waals surface area contributed by atoms with Crippen LogP contribution in [0.1, 0.15) is 5.56 Å². The molecule has 0 saturated heterocycles. The van der Waals surface area contributed by atoms with Crippen LogP contribution >= 0.6 is 35.0 Å². The second kappa shape index (κ2) is 6.76. The molecule has 0 bridgehead atoms. The van der Waals surface area contributed by atoms with Gasteiger partial charge in [0.05, 0.1) is 5.02 Å². The number of nitrogen functional groups attached to an aromatic ring is 2. The van der Waals surface area contributed by atoms with E-state index in [0.29, 0.717) is 26.4 Å². The number of nitrogens with zero attached hydrogens (tertiary/aromatic N) is 6. The summed E-state index contributed by atoms with van der Waals surface area (Å²) in [6, 6.07) is 6.83. The Morgan fingerprint density at radius 3 is 2.64 bits per heavy atom. The van der Waals surface area contributed by atoms with Crippen molar-refractivity contribution in [2.75, 3.05) is 17.7 Å². The van der Waals surface area contributed by atoms with Gasteiger partial charge in [-0.1, -0.05) is 23.2 Å². The van der Waals surface area contributed by atoms with Gasteiger partial charge >= 0.3 is 0 Å². The van der Waals surface area contributed by atoms with Gasteiger partial charge in [-0.3, -0.25) is 0 Å². The first-order chi connectivity index (χ1) is 12.0. The fourth-order valence-corrected chi connectivity index (χ4v) is 3.20. The third kappa shape index (κ3) is 3.07. The molecule has 0 spiro atoms. The Morgan fingerprint density at radius 1 is 1.24 bits per heavy atom. The van der Waals surface area contributed by atoms with E-state index in [0.717, 1.165) is 0 Å². The van der Waals surface area contributed by atoms with E-state index >= 15 is 0 Å². The largest absolute Gasteiger partial charge is 0.382 e. The summed E-state index contributed by atoms with van der Waals surface area (Å²) in [5.74, 6) is 0.173. The molecular formula is C14H10Cl2N8S. The summed E-state index contributed by atoms with van der Waals surface area (Å²) >= 11 is 13.2. The number of halogens is 2. The SMILES string of the molecule is CSc1c(C#N)c(N)nc2c(N=Nc3ccc(Cl)cc3Cl)c(N)nn12. The van der Waals surface area contributed by atoms with Crippen molar-refractivity contribution in [1.82, 2.24) is 14.6 Å². The normalized spacial score (nSPS) is 11.3. The summed E-state index contributed by atoms with van der Waals surface area (Å²) in [5, 5.41) is 23.0. The highest BCUT2D eigenvalue weighted by Crippen LogP contribution is 2.35. The lowest BCUT2D eigenvalue weighted by Crippen LogP contribution is -2.04. The van der Waals surface area contributed by atoms with Crippen LogP contribution < -0.4 is 11.5 Å². The van der Waals surface area contributed by atoms with Gasteiger partial charge in [-0.15, -0.1) is 27.1 Å². The lowest BCUT2D eigenvalue weighted by Gasteiger charge is -2.05. The minimum Gasteiger partial charge on any atom is -0.382 e. The van der Waals surface area contributed by atoms with Gasteiger partial charge in [0.1, 0.15) is 28.2 Å². The Hall–Kier alpha value is -2.54. The number of anilines is 2. The number of fused-ring (bicyclic) bond motifs is 1. The van der Waals surface area contributed by atoms with E-state index in [2.05, 4.69) is 20.3 Å². The van der Waals surface area contributed by atoms with E-state index in [-0.39, 0.29) is 22.9 Å². The molecule has 8 nitrogen and oxygen atoms in total. The average Bonchev–Trinajstić information content (AvgIpc) is 2.88. The summed E-state index contributed by atoms with van der Waals surface area (Å²) in [5.41, 5.74) is 13.0. The quantitative estimate of drug-likeness (QED) is 0.389. The second-order valence-corrected chi connectivity index (χ2v) is 6.40. The number of rotatable bonds is 3. The maximum atomic E-state index is 9.25. The number of thioether (sulfide) groups is 1. The highest BCUT2D eigenvalue weighted by Gasteiger charge is 2.19. The number of nitriles is 1. The lowest BCUT2D eigenvalue weighted by atomic mass is 10.3. The van der Waals surface area contributed by atoms with Gasteiger partial charge in [0, 0.05) is 5.02 Å². The average molecular weight is 393 g/mol. The molecule has 2 aromatic heterocycles. The van der Waals surface area contributed by atoms with E-state index in [9.17, 15) is 5.26 Å². The molecule has 0 unspecified atom stereocenters. The van der Waals surface area contributed by atoms with Crippen LogP contribution in [-0.4, -0.2) is 20.9 Å². The first-order valence-corrected chi connectivity index (χ1v) is 8.73. The second-order valence-electron chi connectivity index (χ2n) is 4.76. The van der Waals surface area contributed by atoms with Gasteiger partial charge in [0.2, 0.25) is 0 Å². The van der Waals surface area contributed by atoms with Crippen LogP contribution in [0.3, 0.4) is 0 Å². The predicted octanol–water partition coefficient (Wildman–Crippen LogP) is 4.21. The van der Waals surface area contributed by atoms with Gasteiger partial charge in [0.15, 0.2) is 17.2 Å². The third-order valence-corrected chi connectivity index (χ3v) is 4.53. The summed E-state index contributed by atoms with van der Waals surface area (Å²) in [7, 11) is 0. The van der Waals surface area contributed by atoms with Gasteiger partial charge in [-0.2, -0.15) is 5.26 Å². The van der Waals surface area contributed by atoms with Crippen LogP contribution in [0, 0.1) is 11.3 Å². The molecule has 11 heteroatoms. The smallest absolute Gasteiger partial charge is 0.188 e. The molecule has 0 fully saturated rings. The Kier molecular flexibility index (Phi) is 4.67. The summed E-state index contributed by atoms with van der Waals surface area (Å²) in [6.45, 7) is 0. The van der Waals surface area contributed by atoms with Crippen molar-refractivity contribution < 1.29 is 0 Å². The van der Waals surface area contributed by atoms with Crippen molar-refractivity contribution >= 4 is 63.6 Å². The first kappa shape index (κ1) is 17.3. The number of nitrogens with two attached hydrogens (primary N) is 2.